The summed E-state index contributed by atoms with van der Waals surface area (Å²) in [6, 6.07) is 8.97. The molecule has 0 radical (unpaired) electrons. The van der Waals surface area contributed by atoms with E-state index < -0.39 is 0 Å². The molecule has 8 heteroatoms. The first-order valence-corrected chi connectivity index (χ1v) is 11.9. The number of carbonyl (C=O) groups excluding carboxylic acids is 2. The van der Waals surface area contributed by atoms with Gasteiger partial charge in [0.25, 0.3) is 0 Å². The van der Waals surface area contributed by atoms with Crippen molar-refractivity contribution in [2.24, 2.45) is 0 Å². The third-order valence-corrected chi connectivity index (χ3v) is 5.28. The van der Waals surface area contributed by atoms with Crippen molar-refractivity contribution in [3.05, 3.63) is 41.0 Å². The van der Waals surface area contributed by atoms with Crippen LogP contribution in [0.4, 0.5) is 10.6 Å². The number of nitrogens with one attached hydrogen (secondary N) is 2. The fourth-order valence-electron chi connectivity index (χ4n) is 3.20. The van der Waals surface area contributed by atoms with Crippen LogP contribution in [0.5, 0.6) is 0 Å². The van der Waals surface area contributed by atoms with Crippen molar-refractivity contribution in [2.45, 2.75) is 78.7 Å². The molecule has 182 valence electrons. The molecule has 0 saturated heterocycles. The standard InChI is InChI=1S/C25H38ClN5O2/c1-8-9-12-15-30(23(33)28-25(5,6)7)17-22(32)27-21-16-20(24(2,3)4)29-31(21)19-14-11-10-13-18(19)26/h10-11,13-14,16H,8-9,12,15,17H2,1-7H3,(H,27,32)(H,28,33). The van der Waals surface area contributed by atoms with E-state index in [1.807, 2.05) is 45.0 Å². The predicted octanol–water partition coefficient (Wildman–Crippen LogP) is 5.76. The Morgan fingerprint density at radius 1 is 1.09 bits per heavy atom. The van der Waals surface area contributed by atoms with Gasteiger partial charge in [0.05, 0.1) is 16.4 Å². The Hall–Kier alpha value is -2.54. The molecule has 2 rings (SSSR count). The topological polar surface area (TPSA) is 79.3 Å². The summed E-state index contributed by atoms with van der Waals surface area (Å²) in [6.07, 6.45) is 2.87. The second-order valence-corrected chi connectivity index (χ2v) is 10.8. The number of hydrogen-bond acceptors (Lipinski definition) is 3. The van der Waals surface area contributed by atoms with Gasteiger partial charge < -0.3 is 15.5 Å². The number of nitrogens with zero attached hydrogens (tertiary/aromatic N) is 3. The van der Waals surface area contributed by atoms with E-state index in [9.17, 15) is 9.59 Å². The van der Waals surface area contributed by atoms with Gasteiger partial charge in [-0.1, -0.05) is 64.3 Å². The minimum atomic E-state index is -0.388. The lowest BCUT2D eigenvalue weighted by atomic mass is 9.92. The highest BCUT2D eigenvalue weighted by Crippen LogP contribution is 2.29. The van der Waals surface area contributed by atoms with Gasteiger partial charge in [-0.25, -0.2) is 9.48 Å². The van der Waals surface area contributed by atoms with Crippen LogP contribution in [0.25, 0.3) is 5.69 Å². The van der Waals surface area contributed by atoms with E-state index in [-0.39, 0.29) is 29.4 Å². The molecule has 3 amide bonds. The fraction of sp³-hybridized carbons (Fsp3) is 0.560. The molecule has 1 aromatic heterocycles. The number of amides is 3. The third-order valence-electron chi connectivity index (χ3n) is 4.96. The molecule has 0 aliphatic rings. The van der Waals surface area contributed by atoms with Gasteiger partial charge in [0.15, 0.2) is 0 Å². The van der Waals surface area contributed by atoms with Crippen molar-refractivity contribution in [3.63, 3.8) is 0 Å². The SMILES string of the molecule is CCCCCN(CC(=O)Nc1cc(C(C)(C)C)nn1-c1ccccc1Cl)C(=O)NC(C)(C)C. The fourth-order valence-corrected chi connectivity index (χ4v) is 3.42. The van der Waals surface area contributed by atoms with E-state index in [1.54, 1.807) is 15.6 Å². The number of benzene rings is 1. The molecule has 1 aromatic carbocycles. The van der Waals surface area contributed by atoms with E-state index in [2.05, 4.69) is 38.3 Å². The van der Waals surface area contributed by atoms with Crippen LogP contribution in [-0.4, -0.2) is 45.2 Å². The molecule has 0 spiro atoms. The zero-order valence-corrected chi connectivity index (χ0v) is 21.7. The third kappa shape index (κ3) is 8.07. The minimum absolute atomic E-state index is 0.0514. The molecule has 0 bridgehead atoms. The van der Waals surface area contributed by atoms with Crippen LogP contribution in [-0.2, 0) is 10.2 Å². The maximum atomic E-state index is 13.0. The van der Waals surface area contributed by atoms with Gasteiger partial charge in [0.1, 0.15) is 12.4 Å². The van der Waals surface area contributed by atoms with Crippen LogP contribution in [0, 0.1) is 0 Å². The van der Waals surface area contributed by atoms with Crippen LogP contribution >= 0.6 is 11.6 Å². The number of carbonyl (C=O) groups is 2. The summed E-state index contributed by atoms with van der Waals surface area (Å²) in [5.74, 6) is 0.229. The first-order chi connectivity index (χ1) is 15.3. The van der Waals surface area contributed by atoms with Crippen LogP contribution in [0.1, 0.15) is 73.4 Å². The second-order valence-electron chi connectivity index (χ2n) is 10.4. The quantitative estimate of drug-likeness (QED) is 0.476. The summed E-state index contributed by atoms with van der Waals surface area (Å²) in [6.45, 7) is 14.5. The van der Waals surface area contributed by atoms with Crippen LogP contribution < -0.4 is 10.6 Å². The van der Waals surface area contributed by atoms with E-state index in [4.69, 9.17) is 16.7 Å². The Balaban J connectivity index is 2.28. The van der Waals surface area contributed by atoms with Gasteiger partial charge in [-0.05, 0) is 39.3 Å². The summed E-state index contributed by atoms with van der Waals surface area (Å²) in [7, 11) is 0. The van der Waals surface area contributed by atoms with E-state index in [1.165, 1.54) is 0 Å². The summed E-state index contributed by atoms with van der Waals surface area (Å²) < 4.78 is 1.65. The number of unbranched alkanes of at least 4 members (excludes halogenated alkanes) is 2. The predicted molar refractivity (Wildman–Crippen MR) is 135 cm³/mol. The van der Waals surface area contributed by atoms with Gasteiger partial charge in [0, 0.05) is 23.6 Å². The molecule has 0 aliphatic heterocycles. The van der Waals surface area contributed by atoms with E-state index in [0.717, 1.165) is 25.0 Å². The van der Waals surface area contributed by atoms with Crippen molar-refractivity contribution in [2.75, 3.05) is 18.4 Å². The van der Waals surface area contributed by atoms with Gasteiger partial charge in [-0.3, -0.25) is 4.79 Å². The van der Waals surface area contributed by atoms with Crippen molar-refractivity contribution in [1.29, 1.82) is 0 Å². The Morgan fingerprint density at radius 3 is 2.33 bits per heavy atom. The van der Waals surface area contributed by atoms with Gasteiger partial charge in [-0.2, -0.15) is 5.10 Å². The molecule has 2 N–H and O–H groups in total. The lowest BCUT2D eigenvalue weighted by Crippen LogP contribution is -2.50. The summed E-state index contributed by atoms with van der Waals surface area (Å²) in [4.78, 5) is 27.4. The van der Waals surface area contributed by atoms with Crippen LogP contribution in [0.15, 0.2) is 30.3 Å². The summed E-state index contributed by atoms with van der Waals surface area (Å²) in [5.41, 5.74) is 0.893. The number of rotatable bonds is 8. The molecule has 0 fully saturated rings. The number of para-hydroxylation sites is 1. The zero-order valence-electron chi connectivity index (χ0n) is 21.0. The minimum Gasteiger partial charge on any atom is -0.333 e. The number of hydrogen-bond donors (Lipinski definition) is 2. The summed E-state index contributed by atoms with van der Waals surface area (Å²) in [5, 5.41) is 11.1. The Kier molecular flexibility index (Phi) is 8.95. The van der Waals surface area contributed by atoms with Crippen molar-refractivity contribution >= 4 is 29.4 Å². The molecule has 0 atom stereocenters. The first-order valence-electron chi connectivity index (χ1n) is 11.5. The van der Waals surface area contributed by atoms with Crippen molar-refractivity contribution in [1.82, 2.24) is 20.0 Å². The number of aromatic nitrogens is 2. The average Bonchev–Trinajstić information content (AvgIpc) is 3.10. The largest absolute Gasteiger partial charge is 0.333 e. The lowest BCUT2D eigenvalue weighted by Gasteiger charge is -2.28. The summed E-state index contributed by atoms with van der Waals surface area (Å²) >= 11 is 6.41. The lowest BCUT2D eigenvalue weighted by molar-refractivity contribution is -0.116. The van der Waals surface area contributed by atoms with Gasteiger partial charge in [0.2, 0.25) is 5.91 Å². The Morgan fingerprint density at radius 2 is 1.76 bits per heavy atom. The molecule has 0 aliphatic carbocycles. The van der Waals surface area contributed by atoms with Crippen molar-refractivity contribution < 1.29 is 9.59 Å². The van der Waals surface area contributed by atoms with E-state index >= 15 is 0 Å². The molecule has 1 heterocycles. The maximum absolute atomic E-state index is 13.0. The maximum Gasteiger partial charge on any atom is 0.318 e. The molecule has 2 aromatic rings. The first kappa shape index (κ1) is 26.7. The monoisotopic (exact) mass is 475 g/mol. The van der Waals surface area contributed by atoms with Gasteiger partial charge >= 0.3 is 6.03 Å². The molecule has 7 nitrogen and oxygen atoms in total. The Labute approximate surface area is 202 Å². The van der Waals surface area contributed by atoms with Crippen LogP contribution in [0.3, 0.4) is 0 Å². The normalized spacial score (nSPS) is 11.9. The highest BCUT2D eigenvalue weighted by molar-refractivity contribution is 6.32. The van der Waals surface area contributed by atoms with Gasteiger partial charge in [-0.15, -0.1) is 0 Å². The second kappa shape index (κ2) is 11.1. The number of halogens is 1. The van der Waals surface area contributed by atoms with E-state index in [0.29, 0.717) is 23.1 Å². The highest BCUT2D eigenvalue weighted by Gasteiger charge is 2.25. The highest BCUT2D eigenvalue weighted by atomic mass is 35.5. The molecule has 33 heavy (non-hydrogen) atoms. The van der Waals surface area contributed by atoms with Crippen molar-refractivity contribution in [3.8, 4) is 5.69 Å². The zero-order chi connectivity index (χ0) is 24.8. The van der Waals surface area contributed by atoms with Crippen LogP contribution in [0.2, 0.25) is 5.02 Å². The smallest absolute Gasteiger partial charge is 0.318 e. The molecule has 0 saturated carbocycles. The number of urea groups is 1. The number of anilines is 1. The Bertz CT molecular complexity index is 956. The average molecular weight is 476 g/mol. The molecular formula is C25H38ClN5O2. The molecular weight excluding hydrogens is 438 g/mol. The molecule has 0 unspecified atom stereocenters.